The first-order chi connectivity index (χ1) is 10.9. The third-order valence-corrected chi connectivity index (χ3v) is 3.42. The van der Waals surface area contributed by atoms with Crippen molar-refractivity contribution in [2.24, 2.45) is 0 Å². The topological polar surface area (TPSA) is 94.2 Å². The van der Waals surface area contributed by atoms with Gasteiger partial charge in [0.2, 0.25) is 5.91 Å². The molecule has 0 saturated carbocycles. The smallest absolute Gasteiger partial charge is 0.286 e. The van der Waals surface area contributed by atoms with Gasteiger partial charge in [-0.15, -0.1) is 0 Å². The number of nitrogens with one attached hydrogen (secondary N) is 1. The van der Waals surface area contributed by atoms with E-state index in [1.165, 1.54) is 13.0 Å². The molecule has 0 aliphatic rings. The van der Waals surface area contributed by atoms with E-state index in [0.717, 1.165) is 22.7 Å². The summed E-state index contributed by atoms with van der Waals surface area (Å²) < 4.78 is 1.04. The van der Waals surface area contributed by atoms with Crippen LogP contribution in [0.5, 0.6) is 0 Å². The van der Waals surface area contributed by atoms with Crippen molar-refractivity contribution in [1.82, 2.24) is 4.57 Å². The molecule has 1 heterocycles. The van der Waals surface area contributed by atoms with E-state index in [0.29, 0.717) is 5.69 Å². The molecule has 0 saturated heterocycles. The van der Waals surface area contributed by atoms with Gasteiger partial charge in [0.25, 0.3) is 11.2 Å². The molecule has 7 nitrogen and oxygen atoms in total. The summed E-state index contributed by atoms with van der Waals surface area (Å²) in [5, 5.41) is 13.5. The SMILES string of the molecule is CCc1ccc(NC(=O)Cn2cc([N+](=O)[O-])cc(C)c2=O)cc1. The Morgan fingerprint density at radius 2 is 1.96 bits per heavy atom. The first-order valence-electron chi connectivity index (χ1n) is 7.15. The van der Waals surface area contributed by atoms with Crippen molar-refractivity contribution >= 4 is 17.3 Å². The average molecular weight is 315 g/mol. The number of hydrogen-bond acceptors (Lipinski definition) is 4. The number of carbonyl (C=O) groups excluding carboxylic acids is 1. The molecule has 2 rings (SSSR count). The van der Waals surface area contributed by atoms with Crippen LogP contribution in [-0.2, 0) is 17.8 Å². The Morgan fingerprint density at radius 1 is 1.30 bits per heavy atom. The van der Waals surface area contributed by atoms with Gasteiger partial charge in [-0.2, -0.15) is 0 Å². The molecule has 1 amide bonds. The minimum atomic E-state index is -0.593. The zero-order valence-corrected chi connectivity index (χ0v) is 12.9. The number of carbonyl (C=O) groups is 1. The fourth-order valence-electron chi connectivity index (χ4n) is 2.16. The maximum absolute atomic E-state index is 12.0. The number of benzene rings is 1. The summed E-state index contributed by atoms with van der Waals surface area (Å²) in [4.78, 5) is 34.3. The van der Waals surface area contributed by atoms with Gasteiger partial charge >= 0.3 is 0 Å². The van der Waals surface area contributed by atoms with Crippen molar-refractivity contribution in [3.8, 4) is 0 Å². The lowest BCUT2D eigenvalue weighted by atomic mass is 10.1. The Labute approximate surface area is 132 Å². The Morgan fingerprint density at radius 3 is 2.52 bits per heavy atom. The van der Waals surface area contributed by atoms with Crippen molar-refractivity contribution in [1.29, 1.82) is 0 Å². The van der Waals surface area contributed by atoms with E-state index in [1.807, 2.05) is 19.1 Å². The molecule has 0 radical (unpaired) electrons. The lowest BCUT2D eigenvalue weighted by molar-refractivity contribution is -0.385. The van der Waals surface area contributed by atoms with E-state index < -0.39 is 16.4 Å². The van der Waals surface area contributed by atoms with Crippen LogP contribution < -0.4 is 10.9 Å². The molecular weight excluding hydrogens is 298 g/mol. The largest absolute Gasteiger partial charge is 0.325 e. The van der Waals surface area contributed by atoms with Gasteiger partial charge in [0.05, 0.1) is 11.1 Å². The van der Waals surface area contributed by atoms with Gasteiger partial charge in [0.15, 0.2) is 0 Å². The minimum Gasteiger partial charge on any atom is -0.325 e. The normalized spacial score (nSPS) is 10.3. The molecule has 0 bridgehead atoms. The van der Waals surface area contributed by atoms with E-state index >= 15 is 0 Å². The summed E-state index contributed by atoms with van der Waals surface area (Å²) >= 11 is 0. The first-order valence-corrected chi connectivity index (χ1v) is 7.15. The Kier molecular flexibility index (Phi) is 4.90. The number of nitrogens with zero attached hydrogens (tertiary/aromatic N) is 2. The van der Waals surface area contributed by atoms with Crippen LogP contribution in [0.2, 0.25) is 0 Å². The first kappa shape index (κ1) is 16.4. The van der Waals surface area contributed by atoms with Gasteiger partial charge < -0.3 is 5.32 Å². The number of pyridine rings is 1. The van der Waals surface area contributed by atoms with Gasteiger partial charge in [-0.25, -0.2) is 0 Å². The zero-order chi connectivity index (χ0) is 17.0. The molecule has 7 heteroatoms. The number of aryl methyl sites for hydroxylation is 2. The van der Waals surface area contributed by atoms with Gasteiger partial charge in [-0.05, 0) is 31.0 Å². The summed E-state index contributed by atoms with van der Waals surface area (Å²) in [6.45, 7) is 3.23. The molecule has 1 aromatic heterocycles. The highest BCUT2D eigenvalue weighted by atomic mass is 16.6. The lowest BCUT2D eigenvalue weighted by Crippen LogP contribution is -2.28. The fourth-order valence-corrected chi connectivity index (χ4v) is 2.16. The quantitative estimate of drug-likeness (QED) is 0.676. The van der Waals surface area contributed by atoms with Gasteiger partial charge in [0, 0.05) is 17.3 Å². The van der Waals surface area contributed by atoms with E-state index in [2.05, 4.69) is 5.32 Å². The van der Waals surface area contributed by atoms with Gasteiger partial charge in [-0.3, -0.25) is 24.3 Å². The number of anilines is 1. The molecule has 0 aliphatic carbocycles. The third-order valence-electron chi connectivity index (χ3n) is 3.42. The van der Waals surface area contributed by atoms with Crippen molar-refractivity contribution in [3.63, 3.8) is 0 Å². The maximum atomic E-state index is 12.0. The number of rotatable bonds is 5. The summed E-state index contributed by atoms with van der Waals surface area (Å²) in [5.41, 5.74) is 1.34. The van der Waals surface area contributed by atoms with Crippen LogP contribution in [-0.4, -0.2) is 15.4 Å². The van der Waals surface area contributed by atoms with E-state index in [1.54, 1.807) is 12.1 Å². The highest BCUT2D eigenvalue weighted by Crippen LogP contribution is 2.11. The van der Waals surface area contributed by atoms with Crippen LogP contribution in [0, 0.1) is 17.0 Å². The number of amides is 1. The van der Waals surface area contributed by atoms with Crippen LogP contribution >= 0.6 is 0 Å². The third kappa shape index (κ3) is 4.03. The second-order valence-corrected chi connectivity index (χ2v) is 5.17. The molecule has 0 aliphatic heterocycles. The summed E-state index contributed by atoms with van der Waals surface area (Å²) in [5.74, 6) is -0.420. The van der Waals surface area contributed by atoms with Crippen LogP contribution in [0.15, 0.2) is 41.3 Å². The van der Waals surface area contributed by atoms with E-state index in [-0.39, 0.29) is 17.8 Å². The molecule has 2 aromatic rings. The fraction of sp³-hybridized carbons (Fsp3) is 0.250. The van der Waals surface area contributed by atoms with E-state index in [4.69, 9.17) is 0 Å². The van der Waals surface area contributed by atoms with Crippen molar-refractivity contribution < 1.29 is 9.72 Å². The highest BCUT2D eigenvalue weighted by molar-refractivity contribution is 5.90. The van der Waals surface area contributed by atoms with Crippen molar-refractivity contribution in [2.45, 2.75) is 26.8 Å². The van der Waals surface area contributed by atoms with Gasteiger partial charge in [0.1, 0.15) is 6.54 Å². The molecule has 120 valence electrons. The molecule has 0 fully saturated rings. The lowest BCUT2D eigenvalue weighted by Gasteiger charge is -2.08. The molecule has 0 atom stereocenters. The predicted octanol–water partition coefficient (Wildman–Crippen LogP) is 2.27. The number of aromatic nitrogens is 1. The van der Waals surface area contributed by atoms with Crippen LogP contribution in [0.25, 0.3) is 0 Å². The average Bonchev–Trinajstić information content (AvgIpc) is 2.52. The molecule has 0 spiro atoms. The highest BCUT2D eigenvalue weighted by Gasteiger charge is 2.13. The van der Waals surface area contributed by atoms with Gasteiger partial charge in [-0.1, -0.05) is 19.1 Å². The second-order valence-electron chi connectivity index (χ2n) is 5.17. The van der Waals surface area contributed by atoms with Crippen molar-refractivity contribution in [2.75, 3.05) is 5.32 Å². The Bertz CT molecular complexity index is 794. The number of hydrogen-bond donors (Lipinski definition) is 1. The molecule has 23 heavy (non-hydrogen) atoms. The standard InChI is InChI=1S/C16H17N3O4/c1-3-12-4-6-13(7-5-12)17-15(20)10-18-9-14(19(22)23)8-11(2)16(18)21/h4-9H,3,10H2,1-2H3,(H,17,20). The Hall–Kier alpha value is -2.96. The summed E-state index contributed by atoms with van der Waals surface area (Å²) in [7, 11) is 0. The minimum absolute atomic E-state index is 0.220. The molecule has 0 unspecified atom stereocenters. The molecule has 1 aromatic carbocycles. The van der Waals surface area contributed by atoms with E-state index in [9.17, 15) is 19.7 Å². The zero-order valence-electron chi connectivity index (χ0n) is 12.9. The molecule has 1 N–H and O–H groups in total. The Balaban J connectivity index is 2.16. The van der Waals surface area contributed by atoms with Crippen molar-refractivity contribution in [3.05, 3.63) is 68.1 Å². The predicted molar refractivity (Wildman–Crippen MR) is 86.5 cm³/mol. The summed E-state index contributed by atoms with van der Waals surface area (Å²) in [6, 6.07) is 8.55. The van der Waals surface area contributed by atoms with Crippen LogP contribution in [0.1, 0.15) is 18.1 Å². The number of nitro groups is 1. The summed E-state index contributed by atoms with van der Waals surface area (Å²) in [6.07, 6.45) is 1.98. The van der Waals surface area contributed by atoms with Crippen LogP contribution in [0.3, 0.4) is 0 Å². The second kappa shape index (κ2) is 6.87. The molecular formula is C16H17N3O4. The monoisotopic (exact) mass is 315 g/mol. The maximum Gasteiger partial charge on any atom is 0.286 e. The van der Waals surface area contributed by atoms with Crippen LogP contribution in [0.4, 0.5) is 11.4 Å².